The Labute approximate surface area is 107 Å². The number of aliphatic carboxylic acids is 1. The molecule has 0 aliphatic heterocycles. The van der Waals surface area contributed by atoms with Gasteiger partial charge >= 0.3 is 5.97 Å². The Kier molecular flexibility index (Phi) is 3.61. The van der Waals surface area contributed by atoms with E-state index in [0.29, 0.717) is 16.5 Å². The fourth-order valence-corrected chi connectivity index (χ4v) is 1.97. The number of benzene rings is 1. The summed E-state index contributed by atoms with van der Waals surface area (Å²) in [7, 11) is 1.68. The van der Waals surface area contributed by atoms with E-state index in [4.69, 9.17) is 5.11 Å². The van der Waals surface area contributed by atoms with Crippen LogP contribution in [0.4, 0.5) is 4.39 Å². The summed E-state index contributed by atoms with van der Waals surface area (Å²) in [6, 6.07) is 5.82. The molecular weight excluding hydrogens is 257 g/mol. The van der Waals surface area contributed by atoms with Crippen molar-refractivity contribution in [1.29, 1.82) is 0 Å². The third kappa shape index (κ3) is 2.86. The van der Waals surface area contributed by atoms with Crippen LogP contribution in [0, 0.1) is 5.82 Å². The van der Waals surface area contributed by atoms with E-state index in [1.54, 1.807) is 19.2 Å². The molecule has 0 spiro atoms. The minimum absolute atomic E-state index is 0.0740. The van der Waals surface area contributed by atoms with Crippen molar-refractivity contribution in [2.24, 2.45) is 7.05 Å². The van der Waals surface area contributed by atoms with Gasteiger partial charge in [0.15, 0.2) is 11.0 Å². The number of nitrogens with zero attached hydrogens (tertiary/aromatic N) is 3. The lowest BCUT2D eigenvalue weighted by molar-refractivity contribution is -0.133. The Balaban J connectivity index is 2.22. The third-order valence-electron chi connectivity index (χ3n) is 2.15. The summed E-state index contributed by atoms with van der Waals surface area (Å²) in [6.45, 7) is 0. The molecule has 0 unspecified atom stereocenters. The Hall–Kier alpha value is -1.89. The summed E-state index contributed by atoms with van der Waals surface area (Å²) in [6.07, 6.45) is 0. The first-order chi connectivity index (χ1) is 8.56. The zero-order valence-electron chi connectivity index (χ0n) is 9.50. The smallest absolute Gasteiger partial charge is 0.313 e. The molecule has 0 saturated carbocycles. The van der Waals surface area contributed by atoms with Crippen LogP contribution < -0.4 is 0 Å². The van der Waals surface area contributed by atoms with Gasteiger partial charge in [-0.3, -0.25) is 4.79 Å². The largest absolute Gasteiger partial charge is 0.481 e. The van der Waals surface area contributed by atoms with E-state index < -0.39 is 5.97 Å². The molecule has 1 N–H and O–H groups in total. The van der Waals surface area contributed by atoms with Crippen molar-refractivity contribution >= 4 is 17.7 Å². The van der Waals surface area contributed by atoms with E-state index in [1.165, 1.54) is 16.8 Å². The van der Waals surface area contributed by atoms with Gasteiger partial charge in [0.25, 0.3) is 0 Å². The molecule has 7 heteroatoms. The van der Waals surface area contributed by atoms with E-state index in [2.05, 4.69) is 10.1 Å². The molecule has 0 amide bonds. The highest BCUT2D eigenvalue weighted by molar-refractivity contribution is 7.99. The van der Waals surface area contributed by atoms with Gasteiger partial charge in [0, 0.05) is 12.6 Å². The van der Waals surface area contributed by atoms with Crippen molar-refractivity contribution in [3.63, 3.8) is 0 Å². The molecule has 2 rings (SSSR count). The average Bonchev–Trinajstić information content (AvgIpc) is 2.69. The minimum Gasteiger partial charge on any atom is -0.481 e. The molecule has 0 fully saturated rings. The summed E-state index contributed by atoms with van der Waals surface area (Å²) in [5, 5.41) is 13.3. The first-order valence-electron chi connectivity index (χ1n) is 5.08. The topological polar surface area (TPSA) is 68.0 Å². The van der Waals surface area contributed by atoms with Crippen LogP contribution in [0.25, 0.3) is 11.4 Å². The molecule has 1 aromatic heterocycles. The quantitative estimate of drug-likeness (QED) is 0.855. The van der Waals surface area contributed by atoms with E-state index in [1.807, 2.05) is 0 Å². The Morgan fingerprint density at radius 3 is 2.72 bits per heavy atom. The van der Waals surface area contributed by atoms with E-state index in [0.717, 1.165) is 11.8 Å². The summed E-state index contributed by atoms with van der Waals surface area (Å²) in [4.78, 5) is 14.7. The second-order valence-corrected chi connectivity index (χ2v) is 4.47. The molecule has 5 nitrogen and oxygen atoms in total. The number of aromatic nitrogens is 3. The maximum atomic E-state index is 12.8. The molecule has 0 atom stereocenters. The van der Waals surface area contributed by atoms with Gasteiger partial charge in [-0.25, -0.2) is 14.1 Å². The first-order valence-corrected chi connectivity index (χ1v) is 6.06. The van der Waals surface area contributed by atoms with Gasteiger partial charge in [-0.15, -0.1) is 0 Å². The van der Waals surface area contributed by atoms with Gasteiger partial charge < -0.3 is 5.11 Å². The van der Waals surface area contributed by atoms with Crippen LogP contribution in [0.1, 0.15) is 0 Å². The summed E-state index contributed by atoms with van der Waals surface area (Å²) in [5.41, 5.74) is 0.689. The zero-order chi connectivity index (χ0) is 13.1. The minimum atomic E-state index is -0.911. The summed E-state index contributed by atoms with van der Waals surface area (Å²) < 4.78 is 14.3. The molecule has 1 aromatic carbocycles. The van der Waals surface area contributed by atoms with Gasteiger partial charge in [-0.05, 0) is 24.3 Å². The van der Waals surface area contributed by atoms with Crippen molar-refractivity contribution in [2.45, 2.75) is 5.16 Å². The van der Waals surface area contributed by atoms with Crippen LogP contribution in [0.15, 0.2) is 29.4 Å². The normalized spacial score (nSPS) is 10.6. The molecule has 0 radical (unpaired) electrons. The number of carboxylic acid groups (broad SMARTS) is 1. The number of aryl methyl sites for hydroxylation is 1. The number of hydrogen-bond donors (Lipinski definition) is 1. The maximum absolute atomic E-state index is 12.8. The van der Waals surface area contributed by atoms with Crippen LogP contribution in [0.2, 0.25) is 0 Å². The second kappa shape index (κ2) is 5.18. The Bertz CT molecular complexity index is 568. The standard InChI is InChI=1S/C11H10FN3O2S/c1-15-11(18-6-9(16)17)13-10(14-15)7-2-4-8(12)5-3-7/h2-5H,6H2,1H3,(H,16,17). The lowest BCUT2D eigenvalue weighted by Crippen LogP contribution is -2.00. The highest BCUT2D eigenvalue weighted by Crippen LogP contribution is 2.20. The van der Waals surface area contributed by atoms with Gasteiger partial charge in [0.05, 0.1) is 5.75 Å². The first kappa shape index (κ1) is 12.6. The Morgan fingerprint density at radius 1 is 1.44 bits per heavy atom. The van der Waals surface area contributed by atoms with Crippen LogP contribution in [0.5, 0.6) is 0 Å². The number of carboxylic acids is 1. The van der Waals surface area contributed by atoms with Gasteiger partial charge in [-0.1, -0.05) is 11.8 Å². The van der Waals surface area contributed by atoms with E-state index in [-0.39, 0.29) is 11.6 Å². The van der Waals surface area contributed by atoms with Gasteiger partial charge in [0.2, 0.25) is 0 Å². The highest BCUT2D eigenvalue weighted by atomic mass is 32.2. The van der Waals surface area contributed by atoms with Crippen LogP contribution in [0.3, 0.4) is 0 Å². The average molecular weight is 267 g/mol. The molecule has 0 aliphatic rings. The lowest BCUT2D eigenvalue weighted by Gasteiger charge is -1.94. The number of hydrogen-bond acceptors (Lipinski definition) is 4. The summed E-state index contributed by atoms with van der Waals surface area (Å²) in [5.74, 6) is -0.859. The SMILES string of the molecule is Cn1nc(-c2ccc(F)cc2)nc1SCC(=O)O. The van der Waals surface area contributed by atoms with E-state index in [9.17, 15) is 9.18 Å². The third-order valence-corrected chi connectivity index (χ3v) is 3.16. The fourth-order valence-electron chi connectivity index (χ4n) is 1.34. The number of carbonyl (C=O) groups is 1. The molecule has 0 saturated heterocycles. The fraction of sp³-hybridized carbons (Fsp3) is 0.182. The number of thioether (sulfide) groups is 1. The zero-order valence-corrected chi connectivity index (χ0v) is 10.3. The maximum Gasteiger partial charge on any atom is 0.313 e. The van der Waals surface area contributed by atoms with Gasteiger partial charge in [-0.2, -0.15) is 5.10 Å². The highest BCUT2D eigenvalue weighted by Gasteiger charge is 2.11. The monoisotopic (exact) mass is 267 g/mol. The van der Waals surface area contributed by atoms with Crippen LogP contribution in [-0.4, -0.2) is 31.6 Å². The molecule has 0 bridgehead atoms. The molecule has 2 aromatic rings. The Morgan fingerprint density at radius 2 is 2.11 bits per heavy atom. The molecule has 18 heavy (non-hydrogen) atoms. The lowest BCUT2D eigenvalue weighted by atomic mass is 10.2. The summed E-state index contributed by atoms with van der Waals surface area (Å²) >= 11 is 1.09. The van der Waals surface area contributed by atoms with Crippen molar-refractivity contribution < 1.29 is 14.3 Å². The molecule has 94 valence electrons. The predicted molar refractivity (Wildman–Crippen MR) is 64.8 cm³/mol. The van der Waals surface area contributed by atoms with Crippen LogP contribution >= 0.6 is 11.8 Å². The second-order valence-electron chi connectivity index (χ2n) is 3.53. The van der Waals surface area contributed by atoms with Gasteiger partial charge in [0.1, 0.15) is 5.82 Å². The molecule has 0 aliphatic carbocycles. The molecule has 1 heterocycles. The number of rotatable bonds is 4. The van der Waals surface area contributed by atoms with Crippen molar-refractivity contribution in [1.82, 2.24) is 14.8 Å². The van der Waals surface area contributed by atoms with Crippen molar-refractivity contribution in [3.05, 3.63) is 30.1 Å². The predicted octanol–water partition coefficient (Wildman–Crippen LogP) is 1.80. The number of halogens is 1. The van der Waals surface area contributed by atoms with Crippen LogP contribution in [-0.2, 0) is 11.8 Å². The molecular formula is C11H10FN3O2S. The van der Waals surface area contributed by atoms with E-state index >= 15 is 0 Å². The van der Waals surface area contributed by atoms with Crippen molar-refractivity contribution in [3.8, 4) is 11.4 Å². The van der Waals surface area contributed by atoms with Crippen molar-refractivity contribution in [2.75, 3.05) is 5.75 Å².